The van der Waals surface area contributed by atoms with Crippen molar-refractivity contribution < 1.29 is 13.2 Å². The molecule has 3 nitrogen and oxygen atoms in total. The van der Waals surface area contributed by atoms with Crippen LogP contribution in [0.25, 0.3) is 0 Å². The molecule has 1 aliphatic heterocycles. The summed E-state index contributed by atoms with van der Waals surface area (Å²) < 4.78 is 37.3. The standard InChI is InChI=1S/C15H28F3N3/c1-2-13-3-5-14(11-19,6-4-13)21-9-7-20(8-10-21)12-15(16,17)18/h13H,2-12,19H2,1H3. The van der Waals surface area contributed by atoms with Crippen molar-refractivity contribution in [3.05, 3.63) is 0 Å². The summed E-state index contributed by atoms with van der Waals surface area (Å²) >= 11 is 0. The maximum absolute atomic E-state index is 12.4. The monoisotopic (exact) mass is 307 g/mol. The lowest BCUT2D eigenvalue weighted by Crippen LogP contribution is -2.61. The lowest BCUT2D eigenvalue weighted by Gasteiger charge is -2.50. The van der Waals surface area contributed by atoms with Crippen LogP contribution in [-0.4, -0.2) is 60.8 Å². The molecule has 1 saturated heterocycles. The van der Waals surface area contributed by atoms with E-state index >= 15 is 0 Å². The summed E-state index contributed by atoms with van der Waals surface area (Å²) in [6, 6.07) is 0. The highest BCUT2D eigenvalue weighted by atomic mass is 19.4. The van der Waals surface area contributed by atoms with Gasteiger partial charge in [-0.15, -0.1) is 0 Å². The summed E-state index contributed by atoms with van der Waals surface area (Å²) in [5.41, 5.74) is 6.09. The van der Waals surface area contributed by atoms with Gasteiger partial charge in [-0.05, 0) is 31.6 Å². The molecule has 0 spiro atoms. The predicted molar refractivity (Wildman–Crippen MR) is 78.1 cm³/mol. The van der Waals surface area contributed by atoms with E-state index in [-0.39, 0.29) is 5.54 Å². The number of halogens is 3. The number of nitrogens with two attached hydrogens (primary N) is 1. The molecule has 2 rings (SSSR count). The van der Waals surface area contributed by atoms with E-state index in [0.717, 1.165) is 18.8 Å². The lowest BCUT2D eigenvalue weighted by atomic mass is 9.74. The molecule has 0 unspecified atom stereocenters. The molecule has 0 bridgehead atoms. The molecule has 1 heterocycles. The summed E-state index contributed by atoms with van der Waals surface area (Å²) in [4.78, 5) is 3.88. The molecule has 2 aliphatic rings. The largest absolute Gasteiger partial charge is 0.401 e. The van der Waals surface area contributed by atoms with Gasteiger partial charge in [0, 0.05) is 38.3 Å². The maximum atomic E-state index is 12.4. The normalized spacial score (nSPS) is 33.3. The van der Waals surface area contributed by atoms with Crippen molar-refractivity contribution in [2.45, 2.75) is 50.7 Å². The first-order valence-corrected chi connectivity index (χ1v) is 8.13. The Hall–Kier alpha value is -0.330. The second-order valence-corrected chi connectivity index (χ2v) is 6.66. The van der Waals surface area contributed by atoms with Crippen LogP contribution >= 0.6 is 0 Å². The third-order valence-electron chi connectivity index (χ3n) is 5.44. The van der Waals surface area contributed by atoms with Crippen molar-refractivity contribution in [2.75, 3.05) is 39.3 Å². The SMILES string of the molecule is CCC1CCC(CN)(N2CCN(CC(F)(F)F)CC2)CC1. The molecule has 124 valence electrons. The molecule has 1 aliphatic carbocycles. The zero-order valence-electron chi connectivity index (χ0n) is 13.0. The molecule has 1 saturated carbocycles. The second kappa shape index (κ2) is 6.84. The second-order valence-electron chi connectivity index (χ2n) is 6.66. The van der Waals surface area contributed by atoms with Crippen LogP contribution in [0.2, 0.25) is 0 Å². The molecule has 2 fully saturated rings. The molecule has 6 heteroatoms. The summed E-state index contributed by atoms with van der Waals surface area (Å²) in [5, 5.41) is 0. The van der Waals surface area contributed by atoms with Gasteiger partial charge in [0.15, 0.2) is 0 Å². The molecular weight excluding hydrogens is 279 g/mol. The Morgan fingerprint density at radius 2 is 1.67 bits per heavy atom. The minimum Gasteiger partial charge on any atom is -0.329 e. The van der Waals surface area contributed by atoms with Gasteiger partial charge in [0.05, 0.1) is 6.54 Å². The Bertz CT molecular complexity index is 317. The number of rotatable bonds is 4. The van der Waals surface area contributed by atoms with Crippen molar-refractivity contribution in [2.24, 2.45) is 11.7 Å². The Kier molecular flexibility index (Phi) is 5.54. The molecule has 2 N–H and O–H groups in total. The van der Waals surface area contributed by atoms with Crippen molar-refractivity contribution in [3.8, 4) is 0 Å². The van der Waals surface area contributed by atoms with Crippen LogP contribution in [0.5, 0.6) is 0 Å². The van der Waals surface area contributed by atoms with Gasteiger partial charge in [-0.2, -0.15) is 13.2 Å². The summed E-state index contributed by atoms with van der Waals surface area (Å²) in [6.07, 6.45) is 1.74. The van der Waals surface area contributed by atoms with E-state index in [0.29, 0.717) is 32.7 Å². The minimum atomic E-state index is -4.09. The van der Waals surface area contributed by atoms with Gasteiger partial charge in [0.1, 0.15) is 0 Å². The molecule has 0 radical (unpaired) electrons. The average Bonchev–Trinajstić information content (AvgIpc) is 2.46. The van der Waals surface area contributed by atoms with E-state index in [9.17, 15) is 13.2 Å². The Balaban J connectivity index is 1.88. The first-order chi connectivity index (χ1) is 9.88. The topological polar surface area (TPSA) is 32.5 Å². The van der Waals surface area contributed by atoms with Gasteiger partial charge >= 0.3 is 6.18 Å². The zero-order valence-corrected chi connectivity index (χ0v) is 13.0. The van der Waals surface area contributed by atoms with E-state index in [2.05, 4.69) is 11.8 Å². The molecule has 0 aromatic rings. The van der Waals surface area contributed by atoms with Crippen LogP contribution in [0.4, 0.5) is 13.2 Å². The van der Waals surface area contributed by atoms with Crippen LogP contribution in [0.1, 0.15) is 39.0 Å². The third-order valence-corrected chi connectivity index (χ3v) is 5.44. The molecule has 0 aromatic heterocycles. The Morgan fingerprint density at radius 3 is 2.10 bits per heavy atom. The van der Waals surface area contributed by atoms with E-state index in [1.807, 2.05) is 0 Å². The van der Waals surface area contributed by atoms with Crippen molar-refractivity contribution in [1.82, 2.24) is 9.80 Å². The highest BCUT2D eigenvalue weighted by molar-refractivity contribution is 4.97. The number of hydrogen-bond donors (Lipinski definition) is 1. The average molecular weight is 307 g/mol. The van der Waals surface area contributed by atoms with Gasteiger partial charge < -0.3 is 5.73 Å². The van der Waals surface area contributed by atoms with E-state index < -0.39 is 12.7 Å². The van der Waals surface area contributed by atoms with Crippen LogP contribution in [0, 0.1) is 5.92 Å². The van der Waals surface area contributed by atoms with Crippen molar-refractivity contribution >= 4 is 0 Å². The molecule has 21 heavy (non-hydrogen) atoms. The van der Waals surface area contributed by atoms with Gasteiger partial charge in [-0.1, -0.05) is 13.3 Å². The van der Waals surface area contributed by atoms with Gasteiger partial charge in [0.25, 0.3) is 0 Å². The fourth-order valence-electron chi connectivity index (χ4n) is 3.91. The molecule has 0 atom stereocenters. The predicted octanol–water partition coefficient (Wildman–Crippen LogP) is 2.46. The quantitative estimate of drug-likeness (QED) is 0.866. The van der Waals surface area contributed by atoms with E-state index in [1.165, 1.54) is 24.2 Å². The van der Waals surface area contributed by atoms with E-state index in [4.69, 9.17) is 5.73 Å². The van der Waals surface area contributed by atoms with Crippen LogP contribution in [-0.2, 0) is 0 Å². The molecular formula is C15H28F3N3. The van der Waals surface area contributed by atoms with Crippen LogP contribution in [0.3, 0.4) is 0 Å². The maximum Gasteiger partial charge on any atom is 0.401 e. The third kappa shape index (κ3) is 4.33. The van der Waals surface area contributed by atoms with Crippen LogP contribution in [0.15, 0.2) is 0 Å². The fraction of sp³-hybridized carbons (Fsp3) is 1.00. The number of alkyl halides is 3. The van der Waals surface area contributed by atoms with E-state index in [1.54, 1.807) is 0 Å². The number of nitrogens with zero attached hydrogens (tertiary/aromatic N) is 2. The van der Waals surface area contributed by atoms with Gasteiger partial charge in [-0.25, -0.2) is 0 Å². The van der Waals surface area contributed by atoms with Gasteiger partial charge in [0.2, 0.25) is 0 Å². The highest BCUT2D eigenvalue weighted by Crippen LogP contribution is 2.37. The summed E-state index contributed by atoms with van der Waals surface area (Å²) in [6.45, 7) is 4.50. The first kappa shape index (κ1) is 17.0. The van der Waals surface area contributed by atoms with Crippen molar-refractivity contribution in [1.29, 1.82) is 0 Å². The lowest BCUT2D eigenvalue weighted by molar-refractivity contribution is -0.151. The zero-order chi connectivity index (χ0) is 15.5. The fourth-order valence-corrected chi connectivity index (χ4v) is 3.91. The van der Waals surface area contributed by atoms with Crippen LogP contribution < -0.4 is 5.73 Å². The highest BCUT2D eigenvalue weighted by Gasteiger charge is 2.41. The summed E-state index contributed by atoms with van der Waals surface area (Å²) in [7, 11) is 0. The van der Waals surface area contributed by atoms with Gasteiger partial charge in [-0.3, -0.25) is 9.80 Å². The molecule has 0 amide bonds. The Labute approximate surface area is 125 Å². The Morgan fingerprint density at radius 1 is 1.10 bits per heavy atom. The van der Waals surface area contributed by atoms with Crippen molar-refractivity contribution in [3.63, 3.8) is 0 Å². The first-order valence-electron chi connectivity index (χ1n) is 8.13. The summed E-state index contributed by atoms with van der Waals surface area (Å²) in [5.74, 6) is 0.802. The smallest absolute Gasteiger partial charge is 0.329 e. The number of piperazine rings is 1. The number of hydrogen-bond acceptors (Lipinski definition) is 3. The molecule has 0 aromatic carbocycles. The minimum absolute atomic E-state index is 0.0377.